The molecule has 0 aromatic carbocycles. The fraction of sp³-hybridized carbons (Fsp3) is 0.485. The van der Waals surface area contributed by atoms with Gasteiger partial charge in [0.25, 0.3) is 0 Å². The first-order chi connectivity index (χ1) is 21.4. The van der Waals surface area contributed by atoms with Crippen LogP contribution >= 0.6 is 11.6 Å². The van der Waals surface area contributed by atoms with Gasteiger partial charge in [-0.1, -0.05) is 17.7 Å². The van der Waals surface area contributed by atoms with Crippen LogP contribution in [0.1, 0.15) is 24.8 Å². The number of anilines is 1. The van der Waals surface area contributed by atoms with Crippen molar-refractivity contribution in [2.75, 3.05) is 64.4 Å². The summed E-state index contributed by atoms with van der Waals surface area (Å²) in [6, 6.07) is 10.3. The number of ether oxygens (including phenoxy) is 2. The molecule has 1 spiro atoms. The van der Waals surface area contributed by atoms with Gasteiger partial charge in [0.05, 0.1) is 35.6 Å². The van der Waals surface area contributed by atoms with E-state index in [0.29, 0.717) is 28.8 Å². The van der Waals surface area contributed by atoms with Gasteiger partial charge in [0.2, 0.25) is 5.88 Å². The lowest BCUT2D eigenvalue weighted by atomic mass is 9.72. The Balaban J connectivity index is 0.890. The van der Waals surface area contributed by atoms with Crippen LogP contribution in [0.3, 0.4) is 0 Å². The number of hydrogen-bond donors (Lipinski definition) is 1. The van der Waals surface area contributed by atoms with Crippen LogP contribution in [-0.4, -0.2) is 99.6 Å². The highest BCUT2D eigenvalue weighted by Gasteiger charge is 2.58. The zero-order chi connectivity index (χ0) is 29.9. The van der Waals surface area contributed by atoms with Gasteiger partial charge in [-0.3, -0.25) is 9.80 Å². The molecule has 1 aliphatic carbocycles. The molecule has 10 nitrogen and oxygen atoms in total. The first-order valence-corrected chi connectivity index (χ1v) is 15.9. The van der Waals surface area contributed by atoms with Crippen molar-refractivity contribution in [1.29, 1.82) is 0 Å². The van der Waals surface area contributed by atoms with E-state index in [-0.39, 0.29) is 0 Å². The Hall–Kier alpha value is -3.44. The van der Waals surface area contributed by atoms with Crippen LogP contribution in [0.25, 0.3) is 16.6 Å². The molecule has 2 unspecified atom stereocenters. The summed E-state index contributed by atoms with van der Waals surface area (Å²) in [4.78, 5) is 16.4. The number of β-amino-alcohol motifs (C(OH)–C–C–N with tert-alkyl or cyclic N) is 1. The minimum Gasteiger partial charge on any atom is -0.491 e. The molecule has 1 N–H and O–H groups in total. The molecular formula is C33H38ClN7O3. The number of fused-ring (bicyclic) bond motifs is 2. The standard InChI is InChI=1S/C33H38ClN7O3/c1-43-30-5-2-23(14-36-30)17-39-20-32(21-39)6-8-40(9-7-32)29-4-3-24(15-35-29)27-12-26(19-41-31(27)28(34)16-37-41)44-11-10-38-18-25-13-33(25,42)22-38/h2-5,12,14-16,19,25,42H,6-11,13,17-18,20-22H2,1H3. The molecule has 4 fully saturated rings. The lowest BCUT2D eigenvalue weighted by Gasteiger charge is -2.54. The number of aliphatic hydroxyl groups is 1. The molecular weight excluding hydrogens is 578 g/mol. The van der Waals surface area contributed by atoms with Crippen molar-refractivity contribution in [2.24, 2.45) is 11.3 Å². The molecule has 4 aromatic rings. The zero-order valence-electron chi connectivity index (χ0n) is 25.0. The Morgan fingerprint density at radius 3 is 2.59 bits per heavy atom. The summed E-state index contributed by atoms with van der Waals surface area (Å²) < 4.78 is 13.1. The monoisotopic (exact) mass is 615 g/mol. The third-order valence-corrected chi connectivity index (χ3v) is 10.4. The molecule has 8 rings (SSSR count). The Kier molecular flexibility index (Phi) is 6.93. The van der Waals surface area contributed by atoms with E-state index in [1.165, 1.54) is 18.4 Å². The van der Waals surface area contributed by atoms with E-state index in [4.69, 9.17) is 26.1 Å². The third-order valence-electron chi connectivity index (χ3n) is 10.1. The van der Waals surface area contributed by atoms with Gasteiger partial charge in [0.15, 0.2) is 0 Å². The average molecular weight is 616 g/mol. The van der Waals surface area contributed by atoms with Crippen LogP contribution in [0.2, 0.25) is 5.02 Å². The number of methoxy groups -OCH3 is 1. The van der Waals surface area contributed by atoms with E-state index < -0.39 is 5.60 Å². The summed E-state index contributed by atoms with van der Waals surface area (Å²) >= 11 is 6.57. The van der Waals surface area contributed by atoms with Crippen molar-refractivity contribution < 1.29 is 14.6 Å². The molecule has 11 heteroatoms. The number of likely N-dealkylation sites (tertiary alicyclic amines) is 2. The van der Waals surface area contributed by atoms with E-state index in [9.17, 15) is 5.11 Å². The summed E-state index contributed by atoms with van der Waals surface area (Å²) in [6.07, 6.45) is 10.7. The van der Waals surface area contributed by atoms with Gasteiger partial charge < -0.3 is 19.5 Å². The molecule has 3 aliphatic heterocycles. The summed E-state index contributed by atoms with van der Waals surface area (Å²) in [5.74, 6) is 2.85. The molecule has 7 heterocycles. The zero-order valence-corrected chi connectivity index (χ0v) is 25.8. The van der Waals surface area contributed by atoms with Gasteiger partial charge >= 0.3 is 0 Å². The molecule has 3 saturated heterocycles. The van der Waals surface area contributed by atoms with Crippen molar-refractivity contribution in [1.82, 2.24) is 29.4 Å². The summed E-state index contributed by atoms with van der Waals surface area (Å²) in [5.41, 5.74) is 3.96. The van der Waals surface area contributed by atoms with Gasteiger partial charge in [-0.2, -0.15) is 5.10 Å². The van der Waals surface area contributed by atoms with Gasteiger partial charge in [-0.15, -0.1) is 0 Å². The second-order valence-corrected chi connectivity index (χ2v) is 13.6. The molecule has 2 atom stereocenters. The fourth-order valence-corrected chi connectivity index (χ4v) is 7.77. The topological polar surface area (TPSA) is 91.5 Å². The van der Waals surface area contributed by atoms with E-state index in [0.717, 1.165) is 87.0 Å². The van der Waals surface area contributed by atoms with Gasteiger partial charge in [0, 0.05) is 87.9 Å². The molecule has 1 saturated carbocycles. The highest BCUT2D eigenvalue weighted by Crippen LogP contribution is 2.49. The van der Waals surface area contributed by atoms with Crippen LogP contribution in [0.5, 0.6) is 11.6 Å². The number of nitrogens with zero attached hydrogens (tertiary/aromatic N) is 7. The maximum atomic E-state index is 10.3. The van der Waals surface area contributed by atoms with Gasteiger partial charge in [-0.25, -0.2) is 14.5 Å². The van der Waals surface area contributed by atoms with Crippen LogP contribution in [-0.2, 0) is 6.54 Å². The highest BCUT2D eigenvalue weighted by atomic mass is 35.5. The molecule has 44 heavy (non-hydrogen) atoms. The molecule has 230 valence electrons. The summed E-state index contributed by atoms with van der Waals surface area (Å²) in [6.45, 7) is 8.29. The highest BCUT2D eigenvalue weighted by molar-refractivity contribution is 6.34. The number of aromatic nitrogens is 4. The fourth-order valence-electron chi connectivity index (χ4n) is 7.54. The average Bonchev–Trinajstić information content (AvgIpc) is 3.32. The van der Waals surface area contributed by atoms with E-state index in [2.05, 4.69) is 43.0 Å². The van der Waals surface area contributed by atoms with Crippen LogP contribution < -0.4 is 14.4 Å². The number of hydrogen-bond acceptors (Lipinski definition) is 9. The van der Waals surface area contributed by atoms with E-state index in [1.807, 2.05) is 30.7 Å². The lowest BCUT2D eigenvalue weighted by Crippen LogP contribution is -2.59. The Morgan fingerprint density at radius 1 is 1.02 bits per heavy atom. The summed E-state index contributed by atoms with van der Waals surface area (Å²) in [7, 11) is 1.65. The van der Waals surface area contributed by atoms with Crippen molar-refractivity contribution in [2.45, 2.75) is 31.4 Å². The Bertz CT molecular complexity index is 1650. The first kappa shape index (κ1) is 28.1. The molecule has 0 amide bonds. The second-order valence-electron chi connectivity index (χ2n) is 13.2. The van der Waals surface area contributed by atoms with E-state index >= 15 is 0 Å². The van der Waals surface area contributed by atoms with E-state index in [1.54, 1.807) is 17.8 Å². The maximum Gasteiger partial charge on any atom is 0.212 e. The van der Waals surface area contributed by atoms with Crippen molar-refractivity contribution >= 4 is 22.9 Å². The van der Waals surface area contributed by atoms with Gasteiger partial charge in [-0.05, 0) is 48.4 Å². The molecule has 0 radical (unpaired) electrons. The van der Waals surface area contributed by atoms with Crippen molar-refractivity contribution in [3.63, 3.8) is 0 Å². The largest absolute Gasteiger partial charge is 0.491 e. The SMILES string of the molecule is COc1ccc(CN2CC3(CCN(c4ccc(-c5cc(OCCN6CC7CC7(O)C6)cn6ncc(Cl)c56)cn4)CC3)C2)cn1. The predicted octanol–water partition coefficient (Wildman–Crippen LogP) is 4.00. The van der Waals surface area contributed by atoms with Crippen molar-refractivity contribution in [3.8, 4) is 22.8 Å². The number of piperidine rings is 2. The van der Waals surface area contributed by atoms with Crippen molar-refractivity contribution in [3.05, 3.63) is 65.7 Å². The minimum absolute atomic E-state index is 0.413. The maximum absolute atomic E-state index is 10.3. The number of rotatable bonds is 9. The normalized spacial score (nSPS) is 24.4. The van der Waals surface area contributed by atoms with Crippen LogP contribution in [0, 0.1) is 11.3 Å². The minimum atomic E-state index is -0.443. The van der Waals surface area contributed by atoms with Crippen LogP contribution in [0.4, 0.5) is 5.82 Å². The van der Waals surface area contributed by atoms with Gasteiger partial charge in [0.1, 0.15) is 18.2 Å². The smallest absolute Gasteiger partial charge is 0.212 e. The quantitative estimate of drug-likeness (QED) is 0.300. The summed E-state index contributed by atoms with van der Waals surface area (Å²) in [5, 5.41) is 15.4. The predicted molar refractivity (Wildman–Crippen MR) is 168 cm³/mol. The van der Waals surface area contributed by atoms with Crippen LogP contribution in [0.15, 0.2) is 55.1 Å². The first-order valence-electron chi connectivity index (χ1n) is 15.6. The Labute approximate surface area is 262 Å². The molecule has 4 aromatic heterocycles. The Morgan fingerprint density at radius 2 is 1.89 bits per heavy atom. The number of halogens is 1. The lowest BCUT2D eigenvalue weighted by molar-refractivity contribution is -0.0241. The molecule has 4 aliphatic rings. The molecule has 0 bridgehead atoms. The number of pyridine rings is 3. The third kappa shape index (κ3) is 5.27. The second kappa shape index (κ2) is 10.9.